The van der Waals surface area contributed by atoms with Crippen molar-refractivity contribution in [2.45, 2.75) is 6.04 Å². The van der Waals surface area contributed by atoms with Gasteiger partial charge in [-0.05, 0) is 12.1 Å². The summed E-state index contributed by atoms with van der Waals surface area (Å²) in [7, 11) is 3.21. The molecule has 0 N–H and O–H groups in total. The van der Waals surface area contributed by atoms with Crippen LogP contribution < -0.4 is 9.47 Å². The molecule has 0 spiro atoms. The van der Waals surface area contributed by atoms with Crippen molar-refractivity contribution >= 4 is 0 Å². The fourth-order valence-corrected chi connectivity index (χ4v) is 2.23. The third-order valence-electron chi connectivity index (χ3n) is 3.27. The first-order valence-corrected chi connectivity index (χ1v) is 6.23. The molecule has 1 unspecified atom stereocenters. The molecule has 1 atom stereocenters. The van der Waals surface area contributed by atoms with Crippen molar-refractivity contribution in [3.05, 3.63) is 23.8 Å². The Balaban J connectivity index is 2.29. The van der Waals surface area contributed by atoms with Gasteiger partial charge in [-0.25, -0.2) is 0 Å². The highest BCUT2D eigenvalue weighted by molar-refractivity contribution is 5.44. The van der Waals surface area contributed by atoms with Crippen LogP contribution in [-0.4, -0.2) is 45.4 Å². The lowest BCUT2D eigenvalue weighted by Crippen LogP contribution is -2.38. The minimum Gasteiger partial charge on any atom is -0.497 e. The SMILES string of the molecule is COc1ccc(C(C#N)N2CCOCC2)c(OC)c1. The van der Waals surface area contributed by atoms with E-state index in [1.807, 2.05) is 12.1 Å². The van der Waals surface area contributed by atoms with Crippen LogP contribution in [0.2, 0.25) is 0 Å². The number of benzene rings is 1. The van der Waals surface area contributed by atoms with Gasteiger partial charge in [-0.15, -0.1) is 0 Å². The first kappa shape index (κ1) is 13.7. The summed E-state index contributed by atoms with van der Waals surface area (Å²) in [6, 6.07) is 7.58. The largest absolute Gasteiger partial charge is 0.497 e. The van der Waals surface area contributed by atoms with E-state index in [2.05, 4.69) is 11.0 Å². The average Bonchev–Trinajstić information content (AvgIpc) is 2.49. The van der Waals surface area contributed by atoms with Crippen molar-refractivity contribution in [1.29, 1.82) is 5.26 Å². The lowest BCUT2D eigenvalue weighted by molar-refractivity contribution is 0.0262. The van der Waals surface area contributed by atoms with Crippen molar-refractivity contribution in [3.8, 4) is 17.6 Å². The van der Waals surface area contributed by atoms with Gasteiger partial charge in [0.1, 0.15) is 17.5 Å². The molecule has 1 saturated heterocycles. The van der Waals surface area contributed by atoms with Crippen molar-refractivity contribution in [2.24, 2.45) is 0 Å². The topological polar surface area (TPSA) is 54.7 Å². The van der Waals surface area contributed by atoms with Crippen LogP contribution in [0.4, 0.5) is 0 Å². The Morgan fingerprint density at radius 3 is 2.58 bits per heavy atom. The summed E-state index contributed by atoms with van der Waals surface area (Å²) < 4.78 is 15.9. The number of methoxy groups -OCH3 is 2. The lowest BCUT2D eigenvalue weighted by Gasteiger charge is -2.31. The van der Waals surface area contributed by atoms with Crippen molar-refractivity contribution in [2.75, 3.05) is 40.5 Å². The van der Waals surface area contributed by atoms with E-state index >= 15 is 0 Å². The van der Waals surface area contributed by atoms with E-state index in [1.165, 1.54) is 0 Å². The average molecular weight is 262 g/mol. The number of hydrogen-bond donors (Lipinski definition) is 0. The first-order chi connectivity index (χ1) is 9.30. The molecule has 2 rings (SSSR count). The van der Waals surface area contributed by atoms with Gasteiger partial charge in [0.05, 0.1) is 33.5 Å². The van der Waals surface area contributed by atoms with Gasteiger partial charge in [-0.1, -0.05) is 0 Å². The third-order valence-corrected chi connectivity index (χ3v) is 3.27. The molecule has 0 aromatic heterocycles. The molecular formula is C14H18N2O3. The monoisotopic (exact) mass is 262 g/mol. The van der Waals surface area contributed by atoms with E-state index < -0.39 is 0 Å². The van der Waals surface area contributed by atoms with Gasteiger partial charge in [0.15, 0.2) is 0 Å². The fraction of sp³-hybridized carbons (Fsp3) is 0.500. The molecule has 1 aromatic carbocycles. The van der Waals surface area contributed by atoms with Gasteiger partial charge in [0, 0.05) is 24.7 Å². The van der Waals surface area contributed by atoms with E-state index in [0.717, 1.165) is 24.4 Å². The number of nitriles is 1. The van der Waals surface area contributed by atoms with Crippen LogP contribution in [0.15, 0.2) is 18.2 Å². The standard InChI is InChI=1S/C14H18N2O3/c1-17-11-3-4-12(14(9-11)18-2)13(10-15)16-5-7-19-8-6-16/h3-4,9,13H,5-8H2,1-2H3. The van der Waals surface area contributed by atoms with Gasteiger partial charge < -0.3 is 14.2 Å². The van der Waals surface area contributed by atoms with Crippen molar-refractivity contribution in [1.82, 2.24) is 4.90 Å². The minimum absolute atomic E-state index is 0.315. The molecule has 19 heavy (non-hydrogen) atoms. The van der Waals surface area contributed by atoms with Gasteiger partial charge >= 0.3 is 0 Å². The number of ether oxygens (including phenoxy) is 3. The molecule has 0 radical (unpaired) electrons. The molecule has 5 heteroatoms. The van der Waals surface area contributed by atoms with Crippen molar-refractivity contribution < 1.29 is 14.2 Å². The molecule has 1 aliphatic heterocycles. The van der Waals surface area contributed by atoms with E-state index in [1.54, 1.807) is 20.3 Å². The maximum absolute atomic E-state index is 9.46. The maximum atomic E-state index is 9.46. The zero-order chi connectivity index (χ0) is 13.7. The second-order valence-corrected chi connectivity index (χ2v) is 4.29. The Morgan fingerprint density at radius 1 is 1.26 bits per heavy atom. The highest BCUT2D eigenvalue weighted by Gasteiger charge is 2.25. The van der Waals surface area contributed by atoms with Crippen LogP contribution in [0.25, 0.3) is 0 Å². The summed E-state index contributed by atoms with van der Waals surface area (Å²) in [6.45, 7) is 2.84. The fourth-order valence-electron chi connectivity index (χ4n) is 2.23. The van der Waals surface area contributed by atoms with Crippen LogP contribution in [-0.2, 0) is 4.74 Å². The molecule has 102 valence electrons. The molecular weight excluding hydrogens is 244 g/mol. The molecule has 1 aromatic rings. The Labute approximate surface area is 113 Å². The molecule has 1 heterocycles. The van der Waals surface area contributed by atoms with Crippen LogP contribution >= 0.6 is 0 Å². The normalized spacial score (nSPS) is 17.5. The molecule has 0 bridgehead atoms. The highest BCUT2D eigenvalue weighted by atomic mass is 16.5. The zero-order valence-electron chi connectivity index (χ0n) is 11.3. The minimum atomic E-state index is -0.315. The molecule has 1 aliphatic rings. The third kappa shape index (κ3) is 2.98. The number of hydrogen-bond acceptors (Lipinski definition) is 5. The second-order valence-electron chi connectivity index (χ2n) is 4.29. The van der Waals surface area contributed by atoms with Crippen molar-refractivity contribution in [3.63, 3.8) is 0 Å². The summed E-state index contributed by atoms with van der Waals surface area (Å²) in [5, 5.41) is 9.46. The summed E-state index contributed by atoms with van der Waals surface area (Å²) in [6.07, 6.45) is 0. The van der Waals surface area contributed by atoms with Crippen LogP contribution in [0.3, 0.4) is 0 Å². The Bertz CT molecular complexity index is 464. The lowest BCUT2D eigenvalue weighted by atomic mass is 10.0. The van der Waals surface area contributed by atoms with E-state index in [0.29, 0.717) is 19.0 Å². The molecule has 1 fully saturated rings. The van der Waals surface area contributed by atoms with Gasteiger partial charge in [0.25, 0.3) is 0 Å². The predicted octanol–water partition coefficient (Wildman–Crippen LogP) is 1.60. The Morgan fingerprint density at radius 2 is 2.00 bits per heavy atom. The number of nitrogens with zero attached hydrogens (tertiary/aromatic N) is 2. The van der Waals surface area contributed by atoms with E-state index in [-0.39, 0.29) is 6.04 Å². The Hall–Kier alpha value is -1.77. The smallest absolute Gasteiger partial charge is 0.128 e. The molecule has 5 nitrogen and oxygen atoms in total. The highest BCUT2D eigenvalue weighted by Crippen LogP contribution is 2.32. The number of morpholine rings is 1. The summed E-state index contributed by atoms with van der Waals surface area (Å²) in [5.41, 5.74) is 0.868. The molecule has 0 aliphatic carbocycles. The van der Waals surface area contributed by atoms with Crippen LogP contribution in [0.1, 0.15) is 11.6 Å². The quantitative estimate of drug-likeness (QED) is 0.825. The predicted molar refractivity (Wildman–Crippen MR) is 70.3 cm³/mol. The van der Waals surface area contributed by atoms with E-state index in [9.17, 15) is 5.26 Å². The van der Waals surface area contributed by atoms with Gasteiger partial charge in [-0.3, -0.25) is 4.90 Å². The summed E-state index contributed by atoms with van der Waals surface area (Å²) in [4.78, 5) is 2.10. The maximum Gasteiger partial charge on any atom is 0.128 e. The summed E-state index contributed by atoms with van der Waals surface area (Å²) in [5.74, 6) is 1.40. The van der Waals surface area contributed by atoms with Gasteiger partial charge in [-0.2, -0.15) is 5.26 Å². The molecule has 0 saturated carbocycles. The van der Waals surface area contributed by atoms with E-state index in [4.69, 9.17) is 14.2 Å². The number of rotatable bonds is 4. The first-order valence-electron chi connectivity index (χ1n) is 6.23. The Kier molecular flexibility index (Phi) is 4.61. The van der Waals surface area contributed by atoms with Crippen LogP contribution in [0.5, 0.6) is 11.5 Å². The summed E-state index contributed by atoms with van der Waals surface area (Å²) >= 11 is 0. The zero-order valence-corrected chi connectivity index (χ0v) is 11.3. The molecule has 0 amide bonds. The second kappa shape index (κ2) is 6.41. The van der Waals surface area contributed by atoms with Gasteiger partial charge in [0.2, 0.25) is 0 Å². The van der Waals surface area contributed by atoms with Crippen LogP contribution in [0, 0.1) is 11.3 Å².